The zero-order valence-electron chi connectivity index (χ0n) is 12.9. The molecule has 0 radical (unpaired) electrons. The monoisotopic (exact) mass is 300 g/mol. The second-order valence-corrected chi connectivity index (χ2v) is 2.83. The SMILES string of the molecule is CCO.CCO.CCO.[CH2-]CCN(CC)CC.[Ti]. The predicted molar refractivity (Wildman–Crippen MR) is 76.0 cm³/mol. The van der Waals surface area contributed by atoms with Crippen LogP contribution in [0.1, 0.15) is 41.0 Å². The normalized spacial score (nSPS) is 7.67. The number of aliphatic hydroxyl groups is 3. The molecule has 0 heterocycles. The van der Waals surface area contributed by atoms with Gasteiger partial charge in [-0.05, 0) is 40.4 Å². The molecule has 5 heteroatoms. The van der Waals surface area contributed by atoms with Crippen LogP contribution in [-0.4, -0.2) is 59.7 Å². The van der Waals surface area contributed by atoms with Crippen molar-refractivity contribution in [1.29, 1.82) is 0 Å². The molecule has 0 unspecified atom stereocenters. The van der Waals surface area contributed by atoms with Gasteiger partial charge in [-0.15, -0.1) is 0 Å². The maximum Gasteiger partial charge on any atom is 0.0402 e. The molecule has 0 saturated heterocycles. The Morgan fingerprint density at radius 3 is 1.06 bits per heavy atom. The van der Waals surface area contributed by atoms with E-state index in [-0.39, 0.29) is 41.5 Å². The van der Waals surface area contributed by atoms with Gasteiger partial charge in [-0.2, -0.15) is 6.42 Å². The van der Waals surface area contributed by atoms with E-state index >= 15 is 0 Å². The molecule has 0 aromatic carbocycles. The molecule has 3 N–H and O–H groups in total. The largest absolute Gasteiger partial charge is 0.397 e. The predicted octanol–water partition coefficient (Wildman–Crippen LogP) is 1.55. The maximum atomic E-state index is 7.57. The first-order valence-electron chi connectivity index (χ1n) is 6.43. The minimum atomic E-state index is 0. The number of rotatable bonds is 4. The van der Waals surface area contributed by atoms with Gasteiger partial charge in [0.05, 0.1) is 0 Å². The van der Waals surface area contributed by atoms with E-state index in [0.29, 0.717) is 0 Å². The molecule has 0 bridgehead atoms. The standard InChI is InChI=1S/C7H16N.3C2H6O.Ti/c1-4-7-8(5-2)6-3;3*1-2-3;/h1,4-7H2,2-3H3;3*3H,2H2,1H3;/q-1;;;;. The van der Waals surface area contributed by atoms with E-state index in [2.05, 4.69) is 25.7 Å². The van der Waals surface area contributed by atoms with Gasteiger partial charge in [0.1, 0.15) is 0 Å². The molecule has 0 aromatic rings. The second kappa shape index (κ2) is 43.2. The average Bonchev–Trinajstić information content (AvgIpc) is 2.29. The second-order valence-electron chi connectivity index (χ2n) is 2.83. The van der Waals surface area contributed by atoms with Crippen LogP contribution in [0.15, 0.2) is 0 Å². The summed E-state index contributed by atoms with van der Waals surface area (Å²) >= 11 is 0. The molecule has 0 rings (SSSR count). The van der Waals surface area contributed by atoms with Gasteiger partial charge >= 0.3 is 0 Å². The van der Waals surface area contributed by atoms with Crippen LogP contribution < -0.4 is 0 Å². The Bertz CT molecular complexity index is 79.9. The third-order valence-electron chi connectivity index (χ3n) is 1.37. The van der Waals surface area contributed by atoms with E-state index in [1.54, 1.807) is 20.8 Å². The van der Waals surface area contributed by atoms with Crippen LogP contribution >= 0.6 is 0 Å². The van der Waals surface area contributed by atoms with Crippen molar-refractivity contribution in [2.75, 3.05) is 39.5 Å². The van der Waals surface area contributed by atoms with Crippen LogP contribution in [0.3, 0.4) is 0 Å². The van der Waals surface area contributed by atoms with Crippen molar-refractivity contribution in [1.82, 2.24) is 4.90 Å². The summed E-state index contributed by atoms with van der Waals surface area (Å²) in [6.45, 7) is 17.4. The van der Waals surface area contributed by atoms with E-state index in [9.17, 15) is 0 Å². The van der Waals surface area contributed by atoms with Crippen molar-refractivity contribution >= 4 is 0 Å². The summed E-state index contributed by atoms with van der Waals surface area (Å²) < 4.78 is 0. The average molecular weight is 300 g/mol. The van der Waals surface area contributed by atoms with Gasteiger partial charge in [0.15, 0.2) is 0 Å². The van der Waals surface area contributed by atoms with Crippen molar-refractivity contribution in [2.24, 2.45) is 0 Å². The zero-order chi connectivity index (χ0) is 14.5. The van der Waals surface area contributed by atoms with Gasteiger partial charge in [-0.1, -0.05) is 13.8 Å². The summed E-state index contributed by atoms with van der Waals surface area (Å²) in [5, 5.41) is 22.7. The molecule has 0 aromatic heterocycles. The Morgan fingerprint density at radius 2 is 1.00 bits per heavy atom. The Labute approximate surface area is 129 Å². The molecule has 0 saturated carbocycles. The fourth-order valence-corrected chi connectivity index (χ4v) is 0.763. The molecule has 0 aliphatic rings. The van der Waals surface area contributed by atoms with Gasteiger partial charge in [0.2, 0.25) is 0 Å². The van der Waals surface area contributed by atoms with Crippen LogP contribution in [0.25, 0.3) is 0 Å². The first kappa shape index (κ1) is 31.1. The van der Waals surface area contributed by atoms with Crippen molar-refractivity contribution in [2.45, 2.75) is 41.0 Å². The number of hydrogen-bond donors (Lipinski definition) is 3. The quantitative estimate of drug-likeness (QED) is 0.544. The molecular formula is C13H34NO3Ti-. The summed E-state index contributed by atoms with van der Waals surface area (Å²) in [7, 11) is 0. The minimum Gasteiger partial charge on any atom is -0.397 e. The Hall–Kier alpha value is 0.554. The van der Waals surface area contributed by atoms with Crippen LogP contribution in [-0.2, 0) is 21.7 Å². The molecule has 0 aliphatic heterocycles. The van der Waals surface area contributed by atoms with E-state index < -0.39 is 0 Å². The van der Waals surface area contributed by atoms with Crippen LogP contribution in [0.4, 0.5) is 0 Å². The van der Waals surface area contributed by atoms with E-state index in [1.165, 1.54) is 0 Å². The summed E-state index contributed by atoms with van der Waals surface area (Å²) in [5.74, 6) is 0. The molecule has 0 atom stereocenters. The molecule has 0 fully saturated rings. The molecule has 4 nitrogen and oxygen atoms in total. The fraction of sp³-hybridized carbons (Fsp3) is 0.923. The van der Waals surface area contributed by atoms with Gasteiger partial charge < -0.3 is 27.1 Å². The fourth-order valence-electron chi connectivity index (χ4n) is 0.763. The van der Waals surface area contributed by atoms with Crippen molar-refractivity contribution in [3.05, 3.63) is 6.92 Å². The third-order valence-corrected chi connectivity index (χ3v) is 1.37. The Kier molecular flexibility index (Phi) is 74.7. The summed E-state index contributed by atoms with van der Waals surface area (Å²) in [5.41, 5.74) is 0. The smallest absolute Gasteiger partial charge is 0.0402 e. The van der Waals surface area contributed by atoms with Crippen LogP contribution in [0.5, 0.6) is 0 Å². The molecule has 114 valence electrons. The maximum absolute atomic E-state index is 7.57. The van der Waals surface area contributed by atoms with E-state index in [0.717, 1.165) is 26.1 Å². The molecule has 0 aliphatic carbocycles. The van der Waals surface area contributed by atoms with Crippen molar-refractivity contribution in [3.8, 4) is 0 Å². The van der Waals surface area contributed by atoms with Crippen LogP contribution in [0, 0.1) is 6.92 Å². The summed E-state index contributed by atoms with van der Waals surface area (Å²) in [6.07, 6.45) is 1.03. The number of hydrogen-bond acceptors (Lipinski definition) is 4. The Balaban J connectivity index is -0.0000000477. The van der Waals surface area contributed by atoms with E-state index in [1.807, 2.05) is 0 Å². The van der Waals surface area contributed by atoms with Crippen LogP contribution in [0.2, 0.25) is 0 Å². The van der Waals surface area contributed by atoms with Gasteiger partial charge in [-0.3, -0.25) is 0 Å². The first-order valence-corrected chi connectivity index (χ1v) is 6.43. The first-order chi connectivity index (χ1) is 8.09. The topological polar surface area (TPSA) is 63.9 Å². The number of aliphatic hydroxyl groups excluding tert-OH is 3. The van der Waals surface area contributed by atoms with Gasteiger partial charge in [-0.25, -0.2) is 0 Å². The minimum absolute atomic E-state index is 0. The van der Waals surface area contributed by atoms with Crippen molar-refractivity contribution < 1.29 is 37.0 Å². The zero-order valence-corrected chi connectivity index (χ0v) is 14.5. The molecular weight excluding hydrogens is 266 g/mol. The third kappa shape index (κ3) is 70.2. The van der Waals surface area contributed by atoms with E-state index in [4.69, 9.17) is 15.3 Å². The van der Waals surface area contributed by atoms with Crippen molar-refractivity contribution in [3.63, 3.8) is 0 Å². The van der Waals surface area contributed by atoms with Gasteiger partial charge in [0, 0.05) is 41.5 Å². The summed E-state index contributed by atoms with van der Waals surface area (Å²) in [6, 6.07) is 0. The summed E-state index contributed by atoms with van der Waals surface area (Å²) in [4.78, 5) is 2.37. The molecule has 18 heavy (non-hydrogen) atoms. The molecule has 0 spiro atoms. The van der Waals surface area contributed by atoms with Gasteiger partial charge in [0.25, 0.3) is 0 Å². The molecule has 0 amide bonds. The Morgan fingerprint density at radius 1 is 0.778 bits per heavy atom. The number of nitrogens with zero attached hydrogens (tertiary/aromatic N) is 1.